The number of imide groups is 1. The number of benzene rings is 2. The third-order valence-electron chi connectivity index (χ3n) is 5.43. The van der Waals surface area contributed by atoms with Crippen molar-refractivity contribution in [2.24, 2.45) is 0 Å². The van der Waals surface area contributed by atoms with Crippen LogP contribution in [0.2, 0.25) is 0 Å². The Morgan fingerprint density at radius 2 is 1.20 bits per heavy atom. The second-order valence-corrected chi connectivity index (χ2v) is 7.78. The summed E-state index contributed by atoms with van der Waals surface area (Å²) in [6, 6.07) is 11.3. The Balaban J connectivity index is 1.33. The van der Waals surface area contributed by atoms with Gasteiger partial charge in [-0.2, -0.15) is 0 Å². The van der Waals surface area contributed by atoms with Crippen LogP contribution in [0.25, 0.3) is 10.8 Å². The highest BCUT2D eigenvalue weighted by Crippen LogP contribution is 2.29. The minimum absolute atomic E-state index is 0.179. The van der Waals surface area contributed by atoms with Gasteiger partial charge in [-0.25, -0.2) is 0 Å². The minimum atomic E-state index is -0.179. The monoisotopic (exact) mass is 410 g/mol. The normalized spacial score (nSPS) is 13.4. The molecule has 3 N–H and O–H groups in total. The SMILES string of the molecule is CCCNCCCNCCCNCCCN1C(=O)c2cccc3cccc(c23)C1=O. The Labute approximate surface area is 179 Å². The zero-order valence-corrected chi connectivity index (χ0v) is 18.0. The third kappa shape index (κ3) is 5.65. The zero-order valence-electron chi connectivity index (χ0n) is 18.0. The van der Waals surface area contributed by atoms with E-state index in [0.717, 1.165) is 69.3 Å². The fraction of sp³-hybridized carbons (Fsp3) is 0.500. The second-order valence-electron chi connectivity index (χ2n) is 7.78. The highest BCUT2D eigenvalue weighted by Gasteiger charge is 2.31. The van der Waals surface area contributed by atoms with E-state index in [9.17, 15) is 9.59 Å². The van der Waals surface area contributed by atoms with E-state index in [4.69, 9.17) is 0 Å². The van der Waals surface area contributed by atoms with Crippen molar-refractivity contribution >= 4 is 22.6 Å². The van der Waals surface area contributed by atoms with Crippen molar-refractivity contribution in [1.29, 1.82) is 0 Å². The van der Waals surface area contributed by atoms with E-state index in [1.807, 2.05) is 36.4 Å². The lowest BCUT2D eigenvalue weighted by atomic mass is 9.94. The van der Waals surface area contributed by atoms with Crippen LogP contribution in [0.5, 0.6) is 0 Å². The predicted octanol–water partition coefficient (Wildman–Crippen LogP) is 2.78. The van der Waals surface area contributed by atoms with Crippen molar-refractivity contribution < 1.29 is 9.59 Å². The van der Waals surface area contributed by atoms with Gasteiger partial charge in [0.25, 0.3) is 11.8 Å². The van der Waals surface area contributed by atoms with Crippen LogP contribution in [-0.2, 0) is 0 Å². The average Bonchev–Trinajstić information content (AvgIpc) is 2.77. The first kappa shape index (κ1) is 22.4. The maximum Gasteiger partial charge on any atom is 0.261 e. The van der Waals surface area contributed by atoms with Crippen molar-refractivity contribution in [2.45, 2.75) is 32.6 Å². The summed E-state index contributed by atoms with van der Waals surface area (Å²) < 4.78 is 0. The van der Waals surface area contributed by atoms with Crippen molar-refractivity contribution in [3.63, 3.8) is 0 Å². The average molecular weight is 411 g/mol. The van der Waals surface area contributed by atoms with E-state index in [0.29, 0.717) is 17.7 Å². The lowest BCUT2D eigenvalue weighted by molar-refractivity contribution is 0.0609. The molecular weight excluding hydrogens is 376 g/mol. The van der Waals surface area contributed by atoms with E-state index in [1.165, 1.54) is 11.3 Å². The molecule has 0 atom stereocenters. The molecule has 0 fully saturated rings. The van der Waals surface area contributed by atoms with Crippen LogP contribution in [0, 0.1) is 0 Å². The molecule has 0 bridgehead atoms. The maximum absolute atomic E-state index is 12.8. The van der Waals surface area contributed by atoms with Crippen molar-refractivity contribution in [2.75, 3.05) is 45.8 Å². The minimum Gasteiger partial charge on any atom is -0.317 e. The third-order valence-corrected chi connectivity index (χ3v) is 5.43. The number of nitrogens with one attached hydrogen (secondary N) is 3. The van der Waals surface area contributed by atoms with Crippen molar-refractivity contribution in [3.05, 3.63) is 47.5 Å². The van der Waals surface area contributed by atoms with Gasteiger partial charge in [0, 0.05) is 23.1 Å². The molecule has 6 heteroatoms. The molecule has 2 aromatic rings. The van der Waals surface area contributed by atoms with Crippen LogP contribution in [0.4, 0.5) is 0 Å². The number of carbonyl (C=O) groups excluding carboxylic acids is 2. The quantitative estimate of drug-likeness (QED) is 0.330. The van der Waals surface area contributed by atoms with Crippen LogP contribution in [0.3, 0.4) is 0 Å². The molecule has 0 spiro atoms. The topological polar surface area (TPSA) is 73.5 Å². The Hall–Kier alpha value is -2.28. The highest BCUT2D eigenvalue weighted by molar-refractivity contribution is 6.25. The molecule has 1 aliphatic rings. The van der Waals surface area contributed by atoms with Gasteiger partial charge >= 0.3 is 0 Å². The van der Waals surface area contributed by atoms with Gasteiger partial charge in [-0.1, -0.05) is 31.2 Å². The van der Waals surface area contributed by atoms with Crippen LogP contribution in [-0.4, -0.2) is 62.5 Å². The van der Waals surface area contributed by atoms with Gasteiger partial charge in [0.2, 0.25) is 0 Å². The number of carbonyl (C=O) groups is 2. The molecule has 0 aliphatic carbocycles. The molecule has 3 rings (SSSR count). The van der Waals surface area contributed by atoms with Gasteiger partial charge in [-0.3, -0.25) is 14.5 Å². The number of amides is 2. The molecule has 30 heavy (non-hydrogen) atoms. The van der Waals surface area contributed by atoms with Gasteiger partial charge < -0.3 is 16.0 Å². The molecule has 1 aliphatic heterocycles. The van der Waals surface area contributed by atoms with E-state index in [2.05, 4.69) is 22.9 Å². The molecule has 0 saturated carbocycles. The van der Waals surface area contributed by atoms with Crippen molar-refractivity contribution in [1.82, 2.24) is 20.9 Å². The summed E-state index contributed by atoms with van der Waals surface area (Å²) in [5.74, 6) is -0.358. The molecule has 1 heterocycles. The van der Waals surface area contributed by atoms with Crippen molar-refractivity contribution in [3.8, 4) is 0 Å². The fourth-order valence-corrected chi connectivity index (χ4v) is 3.87. The highest BCUT2D eigenvalue weighted by atomic mass is 16.2. The summed E-state index contributed by atoms with van der Waals surface area (Å²) in [5, 5.41) is 12.0. The molecule has 2 aromatic carbocycles. The smallest absolute Gasteiger partial charge is 0.261 e. The molecule has 0 radical (unpaired) electrons. The number of rotatable bonds is 14. The number of hydrogen-bond donors (Lipinski definition) is 3. The van der Waals surface area contributed by atoms with Gasteiger partial charge in [-0.15, -0.1) is 0 Å². The van der Waals surface area contributed by atoms with E-state index in [1.54, 1.807) is 0 Å². The van der Waals surface area contributed by atoms with Gasteiger partial charge in [0.05, 0.1) is 0 Å². The lowest BCUT2D eigenvalue weighted by Gasteiger charge is -2.27. The lowest BCUT2D eigenvalue weighted by Crippen LogP contribution is -2.41. The summed E-state index contributed by atoms with van der Waals surface area (Å²) in [7, 11) is 0. The molecule has 6 nitrogen and oxygen atoms in total. The molecule has 162 valence electrons. The molecule has 0 saturated heterocycles. The zero-order chi connectivity index (χ0) is 21.2. The maximum atomic E-state index is 12.8. The Bertz CT molecular complexity index is 801. The molecule has 0 aromatic heterocycles. The van der Waals surface area contributed by atoms with E-state index >= 15 is 0 Å². The van der Waals surface area contributed by atoms with E-state index < -0.39 is 0 Å². The summed E-state index contributed by atoms with van der Waals surface area (Å²) in [6.07, 6.45) is 4.16. The first-order valence-electron chi connectivity index (χ1n) is 11.2. The van der Waals surface area contributed by atoms with Crippen LogP contribution >= 0.6 is 0 Å². The molecule has 0 unspecified atom stereocenters. The van der Waals surface area contributed by atoms with Gasteiger partial charge in [0.15, 0.2) is 0 Å². The van der Waals surface area contributed by atoms with E-state index in [-0.39, 0.29) is 11.8 Å². The summed E-state index contributed by atoms with van der Waals surface area (Å²) in [5.41, 5.74) is 1.26. The predicted molar refractivity (Wildman–Crippen MR) is 122 cm³/mol. The summed E-state index contributed by atoms with van der Waals surface area (Å²) >= 11 is 0. The fourth-order valence-electron chi connectivity index (χ4n) is 3.87. The second kappa shape index (κ2) is 11.8. The largest absolute Gasteiger partial charge is 0.317 e. The summed E-state index contributed by atoms with van der Waals surface area (Å²) in [4.78, 5) is 27.1. The van der Waals surface area contributed by atoms with Crippen LogP contribution < -0.4 is 16.0 Å². The Morgan fingerprint density at radius 1 is 0.700 bits per heavy atom. The number of hydrogen-bond acceptors (Lipinski definition) is 5. The molecular formula is C24H34N4O2. The Kier molecular flexibility index (Phi) is 8.81. The Morgan fingerprint density at radius 3 is 1.73 bits per heavy atom. The summed E-state index contributed by atoms with van der Waals surface area (Å²) in [6.45, 7) is 8.58. The number of nitrogens with zero attached hydrogens (tertiary/aromatic N) is 1. The van der Waals surface area contributed by atoms with Crippen LogP contribution in [0.15, 0.2) is 36.4 Å². The first-order valence-corrected chi connectivity index (χ1v) is 11.2. The van der Waals surface area contributed by atoms with Gasteiger partial charge in [-0.05, 0) is 82.5 Å². The van der Waals surface area contributed by atoms with Crippen LogP contribution in [0.1, 0.15) is 53.3 Å². The standard InChI is InChI=1S/C24H34N4O2/c1-2-12-25-13-5-14-26-15-6-16-27-17-7-18-28-23(29)20-10-3-8-19-9-4-11-21(22(19)20)24(28)30/h3-4,8-11,25-27H,2,5-7,12-18H2,1H3. The van der Waals surface area contributed by atoms with Gasteiger partial charge in [0.1, 0.15) is 0 Å². The first-order chi connectivity index (χ1) is 14.7. The molecule has 2 amide bonds.